The van der Waals surface area contributed by atoms with Gasteiger partial charge in [0.15, 0.2) is 0 Å². The Labute approximate surface area is 120 Å². The number of fused-ring (bicyclic) bond motifs is 1. The first-order valence-electron chi connectivity index (χ1n) is 7.55. The van der Waals surface area contributed by atoms with Gasteiger partial charge in [0, 0.05) is 29.6 Å². The molecule has 0 amide bonds. The lowest BCUT2D eigenvalue weighted by molar-refractivity contribution is 0.0955. The fourth-order valence-electron chi connectivity index (χ4n) is 3.28. The molecular formula is C17H23N3. The topological polar surface area (TPSA) is 42.2 Å². The highest BCUT2D eigenvalue weighted by Crippen LogP contribution is 2.27. The quantitative estimate of drug-likeness (QED) is 0.906. The van der Waals surface area contributed by atoms with Crippen LogP contribution in [-0.2, 0) is 6.54 Å². The second-order valence-electron chi connectivity index (χ2n) is 6.03. The van der Waals surface area contributed by atoms with E-state index in [9.17, 15) is 0 Å². The highest BCUT2D eigenvalue weighted by Gasteiger charge is 2.25. The smallest absolute Gasteiger partial charge is 0.128 e. The maximum Gasteiger partial charge on any atom is 0.128 e. The second-order valence-corrected chi connectivity index (χ2v) is 6.03. The van der Waals surface area contributed by atoms with Crippen molar-refractivity contribution in [1.82, 2.24) is 9.88 Å². The van der Waals surface area contributed by atoms with Crippen molar-refractivity contribution < 1.29 is 0 Å². The summed E-state index contributed by atoms with van der Waals surface area (Å²) >= 11 is 0. The van der Waals surface area contributed by atoms with Crippen LogP contribution in [0.5, 0.6) is 0 Å². The first kappa shape index (κ1) is 13.4. The Morgan fingerprint density at radius 1 is 1.20 bits per heavy atom. The van der Waals surface area contributed by atoms with Gasteiger partial charge in [0.05, 0.1) is 5.52 Å². The minimum Gasteiger partial charge on any atom is -0.383 e. The van der Waals surface area contributed by atoms with E-state index in [4.69, 9.17) is 5.73 Å². The Balaban J connectivity index is 1.91. The summed E-state index contributed by atoms with van der Waals surface area (Å²) < 4.78 is 0. The third-order valence-electron chi connectivity index (χ3n) is 4.57. The van der Waals surface area contributed by atoms with Crippen LogP contribution in [0.4, 0.5) is 5.82 Å². The number of nitrogen functional groups attached to an aromatic ring is 1. The monoisotopic (exact) mass is 269 g/mol. The Morgan fingerprint density at radius 3 is 2.65 bits per heavy atom. The van der Waals surface area contributed by atoms with Crippen LogP contribution in [0.25, 0.3) is 10.9 Å². The van der Waals surface area contributed by atoms with E-state index < -0.39 is 0 Å². The maximum atomic E-state index is 6.16. The number of nitrogens with two attached hydrogens (primary N) is 1. The molecule has 106 valence electrons. The normalized spacial score (nSPS) is 24.1. The van der Waals surface area contributed by atoms with E-state index in [1.54, 1.807) is 0 Å². The number of aromatic nitrogens is 1. The van der Waals surface area contributed by atoms with Gasteiger partial charge >= 0.3 is 0 Å². The molecule has 1 aromatic carbocycles. The summed E-state index contributed by atoms with van der Waals surface area (Å²) in [7, 11) is 0. The second kappa shape index (κ2) is 5.41. The molecule has 2 N–H and O–H groups in total. The van der Waals surface area contributed by atoms with Crippen LogP contribution in [0.1, 0.15) is 38.7 Å². The van der Waals surface area contributed by atoms with Crippen molar-refractivity contribution in [3.8, 4) is 0 Å². The van der Waals surface area contributed by atoms with Crippen LogP contribution in [0.2, 0.25) is 0 Å². The zero-order valence-electron chi connectivity index (χ0n) is 12.3. The van der Waals surface area contributed by atoms with Crippen LogP contribution in [0.15, 0.2) is 30.3 Å². The number of benzene rings is 1. The molecule has 1 aliphatic heterocycles. The van der Waals surface area contributed by atoms with E-state index in [0.717, 1.165) is 17.6 Å². The molecule has 2 heterocycles. The molecule has 0 saturated carbocycles. The molecule has 1 fully saturated rings. The number of piperidine rings is 1. The van der Waals surface area contributed by atoms with Crippen molar-refractivity contribution in [2.24, 2.45) is 0 Å². The summed E-state index contributed by atoms with van der Waals surface area (Å²) in [5.41, 5.74) is 8.29. The minimum atomic E-state index is 0.629. The number of hydrogen-bond donors (Lipinski definition) is 1. The number of pyridine rings is 1. The molecule has 1 aliphatic rings. The van der Waals surface area contributed by atoms with Crippen molar-refractivity contribution in [3.63, 3.8) is 0 Å². The number of anilines is 1. The standard InChI is InChI=1S/C17H23N3/c1-12-6-5-7-13(2)20(12)11-15-10-14-8-3-4-9-16(14)19-17(15)18/h3-4,8-10,12-13H,5-7,11H2,1-2H3,(H2,18,19)/t12-,13+. The van der Waals surface area contributed by atoms with Crippen LogP contribution in [0.3, 0.4) is 0 Å². The van der Waals surface area contributed by atoms with Gasteiger partial charge in [0.1, 0.15) is 5.82 Å². The van der Waals surface area contributed by atoms with E-state index in [2.05, 4.69) is 41.9 Å². The molecule has 0 unspecified atom stereocenters. The molecule has 20 heavy (non-hydrogen) atoms. The molecule has 0 bridgehead atoms. The van der Waals surface area contributed by atoms with Crippen LogP contribution >= 0.6 is 0 Å². The molecule has 2 aromatic rings. The number of likely N-dealkylation sites (tertiary alicyclic amines) is 1. The van der Waals surface area contributed by atoms with E-state index in [0.29, 0.717) is 17.9 Å². The van der Waals surface area contributed by atoms with Gasteiger partial charge in [-0.15, -0.1) is 0 Å². The average molecular weight is 269 g/mol. The molecule has 1 aromatic heterocycles. The lowest BCUT2D eigenvalue weighted by atomic mass is 9.96. The summed E-state index contributed by atoms with van der Waals surface area (Å²) in [4.78, 5) is 7.10. The van der Waals surface area contributed by atoms with E-state index in [1.165, 1.54) is 24.6 Å². The van der Waals surface area contributed by atoms with Gasteiger partial charge < -0.3 is 5.73 Å². The summed E-state index contributed by atoms with van der Waals surface area (Å²) in [5.74, 6) is 0.675. The van der Waals surface area contributed by atoms with Crippen molar-refractivity contribution >= 4 is 16.7 Å². The van der Waals surface area contributed by atoms with E-state index >= 15 is 0 Å². The van der Waals surface area contributed by atoms with Gasteiger partial charge in [-0.05, 0) is 38.8 Å². The highest BCUT2D eigenvalue weighted by molar-refractivity contribution is 5.81. The van der Waals surface area contributed by atoms with Crippen molar-refractivity contribution in [3.05, 3.63) is 35.9 Å². The molecule has 0 aliphatic carbocycles. The van der Waals surface area contributed by atoms with Gasteiger partial charge in [-0.25, -0.2) is 4.98 Å². The highest BCUT2D eigenvalue weighted by atomic mass is 15.2. The zero-order chi connectivity index (χ0) is 14.1. The summed E-state index contributed by atoms with van der Waals surface area (Å²) in [5, 5.41) is 1.18. The predicted molar refractivity (Wildman–Crippen MR) is 84.5 cm³/mol. The van der Waals surface area contributed by atoms with Gasteiger partial charge in [-0.3, -0.25) is 4.90 Å². The third-order valence-corrected chi connectivity index (χ3v) is 4.57. The Hall–Kier alpha value is -1.61. The summed E-state index contributed by atoms with van der Waals surface area (Å²) in [6, 6.07) is 11.6. The largest absolute Gasteiger partial charge is 0.383 e. The van der Waals surface area contributed by atoms with Crippen molar-refractivity contribution in [2.45, 2.75) is 51.7 Å². The summed E-state index contributed by atoms with van der Waals surface area (Å²) in [6.07, 6.45) is 3.90. The number of hydrogen-bond acceptors (Lipinski definition) is 3. The minimum absolute atomic E-state index is 0.629. The molecule has 2 atom stereocenters. The van der Waals surface area contributed by atoms with Crippen LogP contribution in [-0.4, -0.2) is 22.0 Å². The van der Waals surface area contributed by atoms with Gasteiger partial charge in [0.25, 0.3) is 0 Å². The first-order chi connectivity index (χ1) is 9.65. The fourth-order valence-corrected chi connectivity index (χ4v) is 3.28. The van der Waals surface area contributed by atoms with E-state index in [-0.39, 0.29) is 0 Å². The molecule has 1 saturated heterocycles. The average Bonchev–Trinajstić information content (AvgIpc) is 2.43. The van der Waals surface area contributed by atoms with Gasteiger partial charge in [-0.1, -0.05) is 24.6 Å². The zero-order valence-corrected chi connectivity index (χ0v) is 12.3. The van der Waals surface area contributed by atoms with Crippen molar-refractivity contribution in [1.29, 1.82) is 0 Å². The van der Waals surface area contributed by atoms with Gasteiger partial charge in [-0.2, -0.15) is 0 Å². The third kappa shape index (κ3) is 2.50. The Morgan fingerprint density at radius 2 is 1.90 bits per heavy atom. The fraction of sp³-hybridized carbons (Fsp3) is 0.471. The molecule has 3 nitrogen and oxygen atoms in total. The number of nitrogens with zero attached hydrogens (tertiary/aromatic N) is 2. The number of rotatable bonds is 2. The molecule has 0 spiro atoms. The van der Waals surface area contributed by atoms with Crippen molar-refractivity contribution in [2.75, 3.05) is 5.73 Å². The molecule has 3 heteroatoms. The van der Waals surface area contributed by atoms with Crippen LogP contribution < -0.4 is 5.73 Å². The number of para-hydroxylation sites is 1. The lowest BCUT2D eigenvalue weighted by Gasteiger charge is -2.39. The van der Waals surface area contributed by atoms with E-state index in [1.807, 2.05) is 12.1 Å². The Kier molecular flexibility index (Phi) is 3.62. The molecular weight excluding hydrogens is 246 g/mol. The van der Waals surface area contributed by atoms with Crippen LogP contribution in [0, 0.1) is 0 Å². The molecule has 0 radical (unpaired) electrons. The predicted octanol–water partition coefficient (Wildman–Crippen LogP) is 3.58. The summed E-state index contributed by atoms with van der Waals surface area (Å²) in [6.45, 7) is 5.55. The molecule has 3 rings (SSSR count). The lowest BCUT2D eigenvalue weighted by Crippen LogP contribution is -2.43. The SMILES string of the molecule is C[C@@H]1CCC[C@H](C)N1Cc1cc2ccccc2nc1N. The maximum absolute atomic E-state index is 6.16. The first-order valence-corrected chi connectivity index (χ1v) is 7.55. The van der Waals surface area contributed by atoms with Gasteiger partial charge in [0.2, 0.25) is 0 Å². The Bertz CT molecular complexity index is 598.